The average Bonchev–Trinajstić information content (AvgIpc) is 3.20. The van der Waals surface area contributed by atoms with Gasteiger partial charge in [0.15, 0.2) is 0 Å². The van der Waals surface area contributed by atoms with Gasteiger partial charge in [0.1, 0.15) is 0 Å². The quantitative estimate of drug-likeness (QED) is 0.387. The van der Waals surface area contributed by atoms with Gasteiger partial charge in [-0.15, -0.1) is 5.17 Å². The molecule has 3 aromatic rings. The van der Waals surface area contributed by atoms with Gasteiger partial charge >= 0.3 is 6.18 Å². The summed E-state index contributed by atoms with van der Waals surface area (Å²) >= 11 is 12.0. The first-order valence-corrected chi connectivity index (χ1v) is 12.3. The number of alkyl halides is 3. The van der Waals surface area contributed by atoms with E-state index in [4.69, 9.17) is 28.0 Å². The second kappa shape index (κ2) is 9.49. The van der Waals surface area contributed by atoms with Gasteiger partial charge in [0.25, 0.3) is 10.0 Å². The van der Waals surface area contributed by atoms with Crippen molar-refractivity contribution in [3.63, 3.8) is 0 Å². The van der Waals surface area contributed by atoms with E-state index in [-0.39, 0.29) is 11.4 Å². The Bertz CT molecular complexity index is 1270. The highest BCUT2D eigenvalue weighted by Crippen LogP contribution is 2.47. The van der Waals surface area contributed by atoms with Crippen molar-refractivity contribution in [2.75, 3.05) is 13.7 Å². The monoisotopic (exact) mass is 530 g/mol. The summed E-state index contributed by atoms with van der Waals surface area (Å²) < 4.78 is 68.8. The molecule has 3 aromatic carbocycles. The molecule has 0 aliphatic carbocycles. The molecule has 1 fully saturated rings. The van der Waals surface area contributed by atoms with Crippen LogP contribution in [-0.4, -0.2) is 31.7 Å². The van der Waals surface area contributed by atoms with Gasteiger partial charge in [-0.05, 0) is 53.6 Å². The van der Waals surface area contributed by atoms with Gasteiger partial charge in [0.2, 0.25) is 0 Å². The molecular weight excluding hydrogens is 512 g/mol. The van der Waals surface area contributed by atoms with Crippen LogP contribution in [0.5, 0.6) is 0 Å². The SMILES string of the molecule is CON1CC(c2cccc(C(F)(F)F)c2)C(c2ccc(Cl)cc2)N1S(=O)(=O)c1ccc(Cl)cc1. The second-order valence-electron chi connectivity index (χ2n) is 7.67. The van der Waals surface area contributed by atoms with Crippen molar-refractivity contribution < 1.29 is 26.4 Å². The molecule has 0 bridgehead atoms. The third kappa shape index (κ3) is 4.82. The molecule has 1 saturated heterocycles. The number of benzene rings is 3. The Morgan fingerprint density at radius 1 is 0.912 bits per heavy atom. The van der Waals surface area contributed by atoms with Crippen LogP contribution in [0.3, 0.4) is 0 Å². The molecule has 0 N–H and O–H groups in total. The maximum absolute atomic E-state index is 13.7. The summed E-state index contributed by atoms with van der Waals surface area (Å²) in [4.78, 5) is 5.35. The molecule has 0 saturated carbocycles. The normalized spacial score (nSPS) is 20.1. The van der Waals surface area contributed by atoms with Gasteiger partial charge in [-0.3, -0.25) is 4.84 Å². The second-order valence-corrected chi connectivity index (χ2v) is 10.3. The predicted octanol–water partition coefficient (Wildman–Crippen LogP) is 6.32. The standard InChI is InChI=1S/C23H19Cl2F3N2O3S/c1-33-29-14-21(16-3-2-4-17(13-16)23(26,27)28)22(15-5-7-18(24)8-6-15)30(29)34(31,32)20-11-9-19(25)10-12-20/h2-13,21-22H,14H2,1H3. The molecule has 2 unspecified atom stereocenters. The highest BCUT2D eigenvalue weighted by atomic mass is 35.5. The summed E-state index contributed by atoms with van der Waals surface area (Å²) in [5.41, 5.74) is 0.0531. The van der Waals surface area contributed by atoms with Crippen molar-refractivity contribution in [2.45, 2.75) is 23.0 Å². The van der Waals surface area contributed by atoms with E-state index < -0.39 is 33.7 Å². The summed E-state index contributed by atoms with van der Waals surface area (Å²) in [6, 6.07) is 16.1. The van der Waals surface area contributed by atoms with Crippen LogP contribution < -0.4 is 0 Å². The number of sulfonamides is 1. The molecule has 180 valence electrons. The van der Waals surface area contributed by atoms with Crippen molar-refractivity contribution >= 4 is 33.2 Å². The van der Waals surface area contributed by atoms with Crippen LogP contribution in [0.4, 0.5) is 13.2 Å². The predicted molar refractivity (Wildman–Crippen MR) is 123 cm³/mol. The lowest BCUT2D eigenvalue weighted by molar-refractivity contribution is -0.212. The molecule has 34 heavy (non-hydrogen) atoms. The molecule has 0 amide bonds. The lowest BCUT2D eigenvalue weighted by Gasteiger charge is -2.30. The maximum Gasteiger partial charge on any atom is 0.416 e. The number of rotatable bonds is 5. The topological polar surface area (TPSA) is 49.9 Å². The maximum atomic E-state index is 13.7. The average molecular weight is 531 g/mol. The molecule has 1 aliphatic heterocycles. The summed E-state index contributed by atoms with van der Waals surface area (Å²) in [7, 11) is -2.88. The third-order valence-electron chi connectivity index (χ3n) is 5.61. The van der Waals surface area contributed by atoms with E-state index in [0.29, 0.717) is 21.2 Å². The van der Waals surface area contributed by atoms with Crippen molar-refractivity contribution in [1.29, 1.82) is 0 Å². The molecule has 11 heteroatoms. The number of hydrogen-bond acceptors (Lipinski definition) is 4. The van der Waals surface area contributed by atoms with E-state index in [0.717, 1.165) is 21.7 Å². The molecule has 1 heterocycles. The first kappa shape index (κ1) is 25.0. The molecule has 4 rings (SSSR count). The van der Waals surface area contributed by atoms with Crippen molar-refractivity contribution in [2.24, 2.45) is 0 Å². The minimum absolute atomic E-state index is 0.00206. The Morgan fingerprint density at radius 3 is 2.06 bits per heavy atom. The number of nitrogens with zero attached hydrogens (tertiary/aromatic N) is 2. The zero-order chi connectivity index (χ0) is 24.7. The first-order chi connectivity index (χ1) is 16.0. The van der Waals surface area contributed by atoms with E-state index in [2.05, 4.69) is 0 Å². The summed E-state index contributed by atoms with van der Waals surface area (Å²) in [5.74, 6) is -0.675. The van der Waals surface area contributed by atoms with Crippen LogP contribution in [0.15, 0.2) is 77.7 Å². The molecule has 1 aliphatic rings. The zero-order valence-corrected chi connectivity index (χ0v) is 20.0. The van der Waals surface area contributed by atoms with Gasteiger partial charge in [-0.1, -0.05) is 57.9 Å². The Kier molecular flexibility index (Phi) is 6.97. The molecule has 0 aromatic heterocycles. The van der Waals surface area contributed by atoms with Gasteiger partial charge in [-0.2, -0.15) is 13.2 Å². The van der Waals surface area contributed by atoms with E-state index in [9.17, 15) is 21.6 Å². The fourth-order valence-corrected chi connectivity index (χ4v) is 5.92. The van der Waals surface area contributed by atoms with Crippen LogP contribution in [0.2, 0.25) is 10.0 Å². The Hall–Kier alpha value is -2.14. The fourth-order valence-electron chi connectivity index (χ4n) is 4.03. The van der Waals surface area contributed by atoms with Crippen LogP contribution in [0.1, 0.15) is 28.7 Å². The lowest BCUT2D eigenvalue weighted by Crippen LogP contribution is -2.41. The van der Waals surface area contributed by atoms with Gasteiger partial charge < -0.3 is 0 Å². The fraction of sp³-hybridized carbons (Fsp3) is 0.217. The van der Waals surface area contributed by atoms with Crippen molar-refractivity contribution in [3.8, 4) is 0 Å². The number of hydrazine groups is 1. The zero-order valence-electron chi connectivity index (χ0n) is 17.7. The third-order valence-corrected chi connectivity index (χ3v) is 7.89. The van der Waals surface area contributed by atoms with E-state index in [1.165, 1.54) is 37.4 Å². The largest absolute Gasteiger partial charge is 0.416 e. The Labute approximate surface area is 205 Å². The van der Waals surface area contributed by atoms with Gasteiger partial charge in [0.05, 0.1) is 30.2 Å². The minimum Gasteiger partial charge on any atom is -0.286 e. The van der Waals surface area contributed by atoms with Crippen molar-refractivity contribution in [3.05, 3.63) is 99.5 Å². The van der Waals surface area contributed by atoms with Gasteiger partial charge in [-0.25, -0.2) is 8.42 Å². The molecule has 5 nitrogen and oxygen atoms in total. The highest BCUT2D eigenvalue weighted by molar-refractivity contribution is 7.89. The number of hydroxylamine groups is 1. The smallest absolute Gasteiger partial charge is 0.286 e. The first-order valence-electron chi connectivity index (χ1n) is 10.1. The Balaban J connectivity index is 1.88. The molecule has 0 spiro atoms. The van der Waals surface area contributed by atoms with E-state index in [1.807, 2.05) is 0 Å². The van der Waals surface area contributed by atoms with E-state index in [1.54, 1.807) is 30.3 Å². The molecular formula is C23H19Cl2F3N2O3S. The van der Waals surface area contributed by atoms with Crippen LogP contribution in [-0.2, 0) is 21.0 Å². The minimum atomic E-state index is -4.54. The lowest BCUT2D eigenvalue weighted by atomic mass is 9.88. The summed E-state index contributed by atoms with van der Waals surface area (Å²) in [6.45, 7) is -0.00206. The van der Waals surface area contributed by atoms with Crippen molar-refractivity contribution in [1.82, 2.24) is 9.59 Å². The highest BCUT2D eigenvalue weighted by Gasteiger charge is 2.49. The summed E-state index contributed by atoms with van der Waals surface area (Å²) in [5, 5.41) is 1.95. The molecule has 0 radical (unpaired) electrons. The van der Waals surface area contributed by atoms with Crippen LogP contribution >= 0.6 is 23.2 Å². The van der Waals surface area contributed by atoms with Crippen LogP contribution in [0.25, 0.3) is 0 Å². The number of hydrogen-bond donors (Lipinski definition) is 0. The molecule has 2 atom stereocenters. The van der Waals surface area contributed by atoms with Crippen LogP contribution in [0, 0.1) is 0 Å². The van der Waals surface area contributed by atoms with Gasteiger partial charge in [0, 0.05) is 16.0 Å². The van der Waals surface area contributed by atoms with E-state index >= 15 is 0 Å². The Morgan fingerprint density at radius 2 is 1.50 bits per heavy atom. The number of halogens is 5. The summed E-state index contributed by atoms with van der Waals surface area (Å²) in [6.07, 6.45) is -4.54.